The average Bonchev–Trinajstić information content (AvgIpc) is 3.01. The summed E-state index contributed by atoms with van der Waals surface area (Å²) in [6, 6.07) is 0.168. The molecule has 0 saturated carbocycles. The summed E-state index contributed by atoms with van der Waals surface area (Å²) in [5.74, 6) is 0.280. The second kappa shape index (κ2) is 10.8. The number of rotatable bonds is 13. The van der Waals surface area contributed by atoms with Gasteiger partial charge in [0.2, 0.25) is 5.52 Å². The van der Waals surface area contributed by atoms with E-state index >= 15 is 0 Å². The first-order valence-electron chi connectivity index (χ1n) is 9.43. The number of aromatic nitrogens is 4. The SMILES string of the molecule is COCCOc1nc(N)c2[nH]c[n+](CCOCP(=O)(OC(C)C)OC(C)C)c2n1. The molecule has 11 nitrogen and oxygen atoms in total. The molecule has 0 aliphatic rings. The first-order chi connectivity index (χ1) is 13.7. The minimum Gasteiger partial charge on any atom is -0.449 e. The van der Waals surface area contributed by atoms with E-state index in [0.29, 0.717) is 30.9 Å². The molecule has 3 N–H and O–H groups in total. The zero-order valence-corrected chi connectivity index (χ0v) is 18.5. The van der Waals surface area contributed by atoms with Gasteiger partial charge < -0.3 is 29.0 Å². The molecule has 0 saturated heterocycles. The Morgan fingerprint density at radius 2 is 1.83 bits per heavy atom. The Morgan fingerprint density at radius 3 is 2.45 bits per heavy atom. The minimum atomic E-state index is -3.33. The van der Waals surface area contributed by atoms with Crippen LogP contribution in [0.1, 0.15) is 27.7 Å². The number of nitrogens with two attached hydrogens (primary N) is 1. The molecule has 2 aromatic rings. The molecule has 2 heterocycles. The monoisotopic (exact) mass is 432 g/mol. The lowest BCUT2D eigenvalue weighted by atomic mass is 10.5. The number of fused-ring (bicyclic) bond motifs is 1. The van der Waals surface area contributed by atoms with Gasteiger partial charge in [-0.3, -0.25) is 9.55 Å². The molecule has 2 rings (SSSR count). The summed E-state index contributed by atoms with van der Waals surface area (Å²) in [6.07, 6.45) is 1.12. The van der Waals surface area contributed by atoms with Gasteiger partial charge in [0.1, 0.15) is 13.0 Å². The first-order valence-corrected chi connectivity index (χ1v) is 11.2. The summed E-state index contributed by atoms with van der Waals surface area (Å²) in [4.78, 5) is 11.5. The van der Waals surface area contributed by atoms with Crippen LogP contribution in [0.2, 0.25) is 0 Å². The largest absolute Gasteiger partial charge is 0.449 e. The number of imidazole rings is 1. The molecule has 0 spiro atoms. The van der Waals surface area contributed by atoms with Gasteiger partial charge in [-0.05, 0) is 32.7 Å². The van der Waals surface area contributed by atoms with Gasteiger partial charge >= 0.3 is 19.3 Å². The number of aromatic amines is 1. The molecule has 0 unspecified atom stereocenters. The van der Waals surface area contributed by atoms with Crippen molar-refractivity contribution in [3.63, 3.8) is 0 Å². The molecule has 0 amide bonds. The summed E-state index contributed by atoms with van der Waals surface area (Å²) in [5.41, 5.74) is 7.15. The number of H-pyrrole nitrogens is 1. The second-order valence-corrected chi connectivity index (χ2v) is 8.76. The highest BCUT2D eigenvalue weighted by Gasteiger charge is 2.28. The van der Waals surface area contributed by atoms with Gasteiger partial charge in [0.05, 0.1) is 32.0 Å². The number of anilines is 1. The van der Waals surface area contributed by atoms with Crippen molar-refractivity contribution < 1.29 is 32.4 Å². The van der Waals surface area contributed by atoms with Crippen molar-refractivity contribution in [1.29, 1.82) is 0 Å². The summed E-state index contributed by atoms with van der Waals surface area (Å²) >= 11 is 0. The maximum Gasteiger partial charge on any atom is 0.397 e. The molecule has 12 heteroatoms. The number of hydrogen-bond donors (Lipinski definition) is 2. The van der Waals surface area contributed by atoms with E-state index in [1.807, 2.05) is 4.57 Å². The van der Waals surface area contributed by atoms with Gasteiger partial charge in [-0.25, -0.2) is 4.57 Å². The van der Waals surface area contributed by atoms with Crippen molar-refractivity contribution in [2.24, 2.45) is 0 Å². The van der Waals surface area contributed by atoms with E-state index in [-0.39, 0.29) is 37.0 Å². The third-order valence-electron chi connectivity index (χ3n) is 3.52. The van der Waals surface area contributed by atoms with Crippen LogP contribution >= 0.6 is 7.60 Å². The van der Waals surface area contributed by atoms with E-state index in [0.717, 1.165) is 0 Å². The van der Waals surface area contributed by atoms with E-state index in [4.69, 9.17) is 29.0 Å². The highest BCUT2D eigenvalue weighted by Crippen LogP contribution is 2.50. The predicted octanol–water partition coefficient (Wildman–Crippen LogP) is 1.87. The quantitative estimate of drug-likeness (QED) is 0.276. The second-order valence-electron chi connectivity index (χ2n) is 6.85. The fourth-order valence-electron chi connectivity index (χ4n) is 2.51. The maximum absolute atomic E-state index is 12.8. The lowest BCUT2D eigenvalue weighted by Crippen LogP contribution is -2.35. The lowest BCUT2D eigenvalue weighted by Gasteiger charge is -2.22. The fraction of sp³-hybridized carbons (Fsp3) is 0.706. The molecule has 0 aliphatic carbocycles. The van der Waals surface area contributed by atoms with Crippen LogP contribution in [0.3, 0.4) is 0 Å². The third kappa shape index (κ3) is 7.20. The van der Waals surface area contributed by atoms with Crippen LogP contribution in [0.25, 0.3) is 11.2 Å². The van der Waals surface area contributed by atoms with Gasteiger partial charge in [0.25, 0.3) is 0 Å². The number of ether oxygens (including phenoxy) is 3. The van der Waals surface area contributed by atoms with Crippen LogP contribution in [0.15, 0.2) is 6.33 Å². The van der Waals surface area contributed by atoms with E-state index in [1.165, 1.54) is 0 Å². The van der Waals surface area contributed by atoms with E-state index < -0.39 is 7.60 Å². The van der Waals surface area contributed by atoms with Gasteiger partial charge in [-0.1, -0.05) is 0 Å². The van der Waals surface area contributed by atoms with Crippen LogP contribution in [-0.4, -0.2) is 60.4 Å². The maximum atomic E-state index is 12.8. The van der Waals surface area contributed by atoms with Crippen molar-refractivity contribution in [2.45, 2.75) is 46.4 Å². The van der Waals surface area contributed by atoms with Gasteiger partial charge in [0, 0.05) is 7.11 Å². The van der Waals surface area contributed by atoms with Crippen molar-refractivity contribution in [1.82, 2.24) is 15.0 Å². The molecule has 0 aromatic carbocycles. The molecule has 0 radical (unpaired) electrons. The van der Waals surface area contributed by atoms with E-state index in [1.54, 1.807) is 41.1 Å². The molecule has 29 heavy (non-hydrogen) atoms. The van der Waals surface area contributed by atoms with Crippen LogP contribution in [0.4, 0.5) is 5.82 Å². The third-order valence-corrected chi connectivity index (χ3v) is 5.51. The average molecular weight is 432 g/mol. The molecule has 0 fully saturated rings. The van der Waals surface area contributed by atoms with Crippen molar-refractivity contribution >= 4 is 24.6 Å². The molecule has 2 aromatic heterocycles. The molecular formula is C17H31N5O6P+. The molecule has 0 aliphatic heterocycles. The molecule has 164 valence electrons. The van der Waals surface area contributed by atoms with Crippen LogP contribution in [0, 0.1) is 0 Å². The van der Waals surface area contributed by atoms with Gasteiger partial charge in [-0.2, -0.15) is 4.98 Å². The normalized spacial score (nSPS) is 12.4. The highest BCUT2D eigenvalue weighted by atomic mass is 31.2. The van der Waals surface area contributed by atoms with Gasteiger partial charge in [0.15, 0.2) is 12.1 Å². The zero-order chi connectivity index (χ0) is 21.4. The van der Waals surface area contributed by atoms with Crippen LogP contribution in [0.5, 0.6) is 6.01 Å². The Balaban J connectivity index is 2.00. The molecular weight excluding hydrogens is 401 g/mol. The Bertz CT molecular complexity index is 814. The predicted molar refractivity (Wildman–Crippen MR) is 107 cm³/mol. The summed E-state index contributed by atoms with van der Waals surface area (Å²) in [7, 11) is -1.75. The molecule has 0 atom stereocenters. The molecule has 0 bridgehead atoms. The first kappa shape index (κ1) is 23.5. The van der Waals surface area contributed by atoms with Crippen molar-refractivity contribution in [2.75, 3.05) is 39.0 Å². The van der Waals surface area contributed by atoms with Crippen LogP contribution in [-0.2, 0) is 29.6 Å². The van der Waals surface area contributed by atoms with E-state index in [2.05, 4.69) is 15.0 Å². The zero-order valence-electron chi connectivity index (χ0n) is 17.6. The lowest BCUT2D eigenvalue weighted by molar-refractivity contribution is -0.674. The van der Waals surface area contributed by atoms with Gasteiger partial charge in [-0.15, -0.1) is 0 Å². The number of nitrogen functional groups attached to an aromatic ring is 1. The minimum absolute atomic E-state index is 0.130. The smallest absolute Gasteiger partial charge is 0.397 e. The summed E-state index contributed by atoms with van der Waals surface area (Å²) in [6.45, 7) is 8.65. The number of nitrogens with zero attached hydrogens (tertiary/aromatic N) is 3. The Kier molecular flexibility index (Phi) is 8.79. The van der Waals surface area contributed by atoms with E-state index in [9.17, 15) is 4.57 Å². The number of methoxy groups -OCH3 is 1. The highest BCUT2D eigenvalue weighted by molar-refractivity contribution is 7.53. The Morgan fingerprint density at radius 1 is 1.14 bits per heavy atom. The fourth-order valence-corrected chi connectivity index (χ4v) is 4.32. The van der Waals surface area contributed by atoms with Crippen molar-refractivity contribution in [3.05, 3.63) is 6.33 Å². The summed E-state index contributed by atoms with van der Waals surface area (Å²) < 4.78 is 41.5. The number of nitrogens with one attached hydrogen (secondary N) is 1. The van der Waals surface area contributed by atoms with Crippen LogP contribution < -0.4 is 15.0 Å². The number of hydrogen-bond acceptors (Lipinski definition) is 9. The standard InChI is InChI=1S/C17H30N5O6P/c1-12(2)27-29(23,28-13(3)4)11-25-7-6-22-10-19-14-15(18)20-17(21-16(14)22)26-9-8-24-5/h10,12-13H,6-9,11H2,1-5H3,(H2,18,20,21)/p+1. The Hall–Kier alpha value is -1.78. The summed E-state index contributed by atoms with van der Waals surface area (Å²) in [5, 5.41) is 0. The topological polar surface area (TPSA) is 135 Å². The van der Waals surface area contributed by atoms with Crippen molar-refractivity contribution in [3.8, 4) is 6.01 Å². The Labute approximate surface area is 170 Å².